The van der Waals surface area contributed by atoms with Gasteiger partial charge in [0.15, 0.2) is 0 Å². The predicted molar refractivity (Wildman–Crippen MR) is 42.0 cm³/mol. The van der Waals surface area contributed by atoms with E-state index in [1.807, 2.05) is 0 Å². The van der Waals surface area contributed by atoms with E-state index in [-0.39, 0.29) is 18.9 Å². The Kier molecular flexibility index (Phi) is 3.30. The van der Waals surface area contributed by atoms with Gasteiger partial charge in [-0.05, 0) is 0 Å². The molecule has 0 heterocycles. The van der Waals surface area contributed by atoms with Crippen LogP contribution in [0.2, 0.25) is 0 Å². The molecule has 0 amide bonds. The Morgan fingerprint density at radius 1 is 1.45 bits per heavy atom. The molecule has 0 saturated carbocycles. The predicted octanol–water partition coefficient (Wildman–Crippen LogP) is -0.383. The molecule has 0 aliphatic carbocycles. The molecule has 0 bridgehead atoms. The minimum absolute atomic E-state index is 0.0985. The van der Waals surface area contributed by atoms with Crippen molar-refractivity contribution in [1.29, 1.82) is 0 Å². The van der Waals surface area contributed by atoms with E-state index in [1.165, 1.54) is 13.0 Å². The summed E-state index contributed by atoms with van der Waals surface area (Å²) in [6.07, 6.45) is 0.866. The first-order valence-corrected chi connectivity index (χ1v) is 5.65. The van der Waals surface area contributed by atoms with Gasteiger partial charge in [0.05, 0.1) is 0 Å². The third kappa shape index (κ3) is 5.01. The summed E-state index contributed by atoms with van der Waals surface area (Å²) in [5.74, 6) is 0. The van der Waals surface area contributed by atoms with E-state index < -0.39 is 7.28 Å². The Morgan fingerprint density at radius 3 is 2.36 bits per heavy atom. The van der Waals surface area contributed by atoms with E-state index in [9.17, 15) is 4.79 Å². The molecule has 66 valence electrons. The molecule has 11 heavy (non-hydrogen) atoms. The Bertz CT molecular complexity index is 179. The van der Waals surface area contributed by atoms with Crippen molar-refractivity contribution in [2.24, 2.45) is 4.99 Å². The van der Waals surface area contributed by atoms with Crippen LogP contribution in [0.5, 0.6) is 0 Å². The molecule has 0 rings (SSSR count). The normalized spacial score (nSPS) is 14.7. The first kappa shape index (κ1) is 10.7. The van der Waals surface area contributed by atoms with Crippen molar-refractivity contribution in [3.05, 3.63) is 0 Å². The molecule has 0 atom stereocenters. The third-order valence-electron chi connectivity index (χ3n) is 1.38. The van der Waals surface area contributed by atoms with Gasteiger partial charge in [-0.1, -0.05) is 0 Å². The first-order chi connectivity index (χ1) is 4.89. The Balaban J connectivity index is 4.00. The zero-order valence-corrected chi connectivity index (χ0v) is 7.16. The van der Waals surface area contributed by atoms with Crippen molar-refractivity contribution in [3.8, 4) is 0 Å². The SMILES string of the molecule is CCP(O)(O)(O)CCN=C=O. The molecular formula is C5H12NO4P. The average Bonchev–Trinajstić information content (AvgIpc) is 1.88. The van der Waals surface area contributed by atoms with Gasteiger partial charge in [0.1, 0.15) is 0 Å². The zero-order chi connectivity index (χ0) is 8.98. The molecule has 0 aromatic rings. The minimum atomic E-state index is -4.44. The topological polar surface area (TPSA) is 90.1 Å². The van der Waals surface area contributed by atoms with Gasteiger partial charge in [-0.2, -0.15) is 0 Å². The van der Waals surface area contributed by atoms with Crippen LogP contribution in [-0.4, -0.2) is 39.6 Å². The second kappa shape index (κ2) is 3.39. The fraction of sp³-hybridized carbons (Fsp3) is 0.800. The number of hydrogen-bond donors (Lipinski definition) is 3. The number of nitrogens with zero attached hydrogens (tertiary/aromatic N) is 1. The summed E-state index contributed by atoms with van der Waals surface area (Å²) in [6.45, 7) is 1.36. The number of isocyanates is 1. The molecule has 0 fully saturated rings. The van der Waals surface area contributed by atoms with E-state index in [0.717, 1.165) is 0 Å². The number of rotatable bonds is 4. The monoisotopic (exact) mass is 181 g/mol. The molecule has 0 saturated heterocycles. The van der Waals surface area contributed by atoms with E-state index in [4.69, 9.17) is 14.7 Å². The molecule has 3 N–H and O–H groups in total. The van der Waals surface area contributed by atoms with Crippen molar-refractivity contribution >= 4 is 13.4 Å². The summed E-state index contributed by atoms with van der Waals surface area (Å²) in [4.78, 5) is 39.9. The average molecular weight is 181 g/mol. The van der Waals surface area contributed by atoms with E-state index in [0.29, 0.717) is 0 Å². The van der Waals surface area contributed by atoms with Gasteiger partial charge < -0.3 is 0 Å². The Labute approximate surface area is 64.6 Å². The van der Waals surface area contributed by atoms with Crippen molar-refractivity contribution < 1.29 is 19.5 Å². The quantitative estimate of drug-likeness (QED) is 0.313. The van der Waals surface area contributed by atoms with Gasteiger partial charge in [-0.25, -0.2) is 0 Å². The van der Waals surface area contributed by atoms with Crippen LogP contribution in [0, 0.1) is 0 Å². The van der Waals surface area contributed by atoms with Crippen LogP contribution in [0.1, 0.15) is 6.92 Å². The van der Waals surface area contributed by atoms with Gasteiger partial charge in [-0.3, -0.25) is 0 Å². The van der Waals surface area contributed by atoms with Crippen LogP contribution in [0.25, 0.3) is 0 Å². The number of hydrogen-bond acceptors (Lipinski definition) is 5. The molecule has 6 heteroatoms. The summed E-state index contributed by atoms with van der Waals surface area (Å²) >= 11 is 0. The van der Waals surface area contributed by atoms with Crippen LogP contribution < -0.4 is 0 Å². The van der Waals surface area contributed by atoms with Crippen molar-refractivity contribution in [3.63, 3.8) is 0 Å². The van der Waals surface area contributed by atoms with Crippen LogP contribution in [0.4, 0.5) is 0 Å². The summed E-state index contributed by atoms with van der Waals surface area (Å²) in [7, 11) is -4.44. The molecule has 0 spiro atoms. The van der Waals surface area contributed by atoms with Gasteiger partial charge in [0, 0.05) is 0 Å². The van der Waals surface area contributed by atoms with Crippen molar-refractivity contribution in [2.45, 2.75) is 6.92 Å². The number of carbonyl (C=O) groups excluding carboxylic acids is 1. The second-order valence-corrected chi connectivity index (χ2v) is 6.11. The van der Waals surface area contributed by atoms with E-state index >= 15 is 0 Å². The summed E-state index contributed by atoms with van der Waals surface area (Å²) in [5.41, 5.74) is 0. The molecule has 0 aliphatic rings. The van der Waals surface area contributed by atoms with Crippen LogP contribution in [-0.2, 0) is 4.79 Å². The van der Waals surface area contributed by atoms with Crippen LogP contribution in [0.3, 0.4) is 0 Å². The summed E-state index contributed by atoms with van der Waals surface area (Å²) < 4.78 is 0. The van der Waals surface area contributed by atoms with E-state index in [1.54, 1.807) is 0 Å². The number of aliphatic imine (C=N–C) groups is 1. The fourth-order valence-electron chi connectivity index (χ4n) is 0.459. The maximum absolute atomic E-state index is 9.56. The molecule has 0 radical (unpaired) electrons. The van der Waals surface area contributed by atoms with Crippen LogP contribution in [0.15, 0.2) is 4.99 Å². The van der Waals surface area contributed by atoms with Gasteiger partial charge in [0.2, 0.25) is 0 Å². The third-order valence-corrected chi connectivity index (χ3v) is 3.79. The first-order valence-electron chi connectivity index (χ1n) is 3.18. The van der Waals surface area contributed by atoms with Gasteiger partial charge >= 0.3 is 63.6 Å². The van der Waals surface area contributed by atoms with E-state index in [2.05, 4.69) is 4.99 Å². The van der Waals surface area contributed by atoms with Crippen molar-refractivity contribution in [2.75, 3.05) is 18.9 Å². The Morgan fingerprint density at radius 2 is 2.00 bits per heavy atom. The molecule has 0 aliphatic heterocycles. The second-order valence-electron chi connectivity index (χ2n) is 2.35. The van der Waals surface area contributed by atoms with Crippen LogP contribution >= 0.6 is 7.28 Å². The molecular weight excluding hydrogens is 169 g/mol. The molecule has 0 unspecified atom stereocenters. The molecule has 0 aromatic carbocycles. The van der Waals surface area contributed by atoms with Gasteiger partial charge in [0.25, 0.3) is 0 Å². The summed E-state index contributed by atoms with van der Waals surface area (Å²) in [6, 6.07) is 0. The Hall–Kier alpha value is -0.310. The van der Waals surface area contributed by atoms with Gasteiger partial charge in [-0.15, -0.1) is 0 Å². The summed E-state index contributed by atoms with van der Waals surface area (Å²) in [5, 5.41) is 0. The van der Waals surface area contributed by atoms with Crippen molar-refractivity contribution in [1.82, 2.24) is 0 Å². The fourth-order valence-corrected chi connectivity index (χ4v) is 1.28. The zero-order valence-electron chi connectivity index (χ0n) is 6.27. The standard InChI is InChI=1S/C5H12NO4P/c1-2-11(8,9,10)4-3-6-5-7/h8-10H,2-4H2,1H3. The molecule has 0 aromatic heterocycles. The maximum atomic E-state index is 9.56. The molecule has 5 nitrogen and oxygen atoms in total.